The molecule has 0 N–H and O–H groups in total. The maximum Gasteiger partial charge on any atom is 0.0672 e. The van der Waals surface area contributed by atoms with E-state index < -0.39 is 0 Å². The Morgan fingerprint density at radius 3 is 2.76 bits per heavy atom. The first-order chi connectivity index (χ1) is 8.26. The summed E-state index contributed by atoms with van der Waals surface area (Å²) in [6, 6.07) is 3.72. The van der Waals surface area contributed by atoms with Crippen LogP contribution in [-0.2, 0) is 0 Å². The van der Waals surface area contributed by atoms with Crippen molar-refractivity contribution in [1.82, 2.24) is 9.80 Å². The minimum Gasteiger partial charge on any atom is -0.305 e. The van der Waals surface area contributed by atoms with Crippen LogP contribution in [0.5, 0.6) is 0 Å². The molecule has 3 atom stereocenters. The molecule has 1 aliphatic heterocycles. The van der Waals surface area contributed by atoms with Crippen LogP contribution in [0.4, 0.5) is 0 Å². The predicted octanol–water partition coefficient (Wildman–Crippen LogP) is 2.09. The second-order valence-corrected chi connectivity index (χ2v) is 5.65. The molecule has 2 aliphatic rings. The Balaban J connectivity index is 2.08. The first kappa shape index (κ1) is 12.9. The quantitative estimate of drug-likeness (QED) is 0.734. The number of likely N-dealkylation sites (N-methyl/N-ethyl adjacent to an activating group) is 1. The van der Waals surface area contributed by atoms with E-state index in [0.29, 0.717) is 12.1 Å². The highest BCUT2D eigenvalue weighted by atomic mass is 15.3. The van der Waals surface area contributed by atoms with Crippen LogP contribution in [0.2, 0.25) is 0 Å². The molecule has 0 aromatic carbocycles. The van der Waals surface area contributed by atoms with Gasteiger partial charge >= 0.3 is 0 Å². The summed E-state index contributed by atoms with van der Waals surface area (Å²) < 4.78 is 0. The van der Waals surface area contributed by atoms with Crippen LogP contribution in [0.3, 0.4) is 0 Å². The van der Waals surface area contributed by atoms with Gasteiger partial charge in [-0.05, 0) is 39.3 Å². The van der Waals surface area contributed by atoms with Crippen molar-refractivity contribution in [1.29, 1.82) is 5.26 Å². The molecule has 3 nitrogen and oxygen atoms in total. The molecule has 0 aromatic heterocycles. The fourth-order valence-corrected chi connectivity index (χ4v) is 3.55. The van der Waals surface area contributed by atoms with Gasteiger partial charge in [0, 0.05) is 25.2 Å². The molecule has 2 rings (SSSR count). The standard InChI is InChI=1S/C14H25N3/c1-3-13-11-16(2)8-5-9-17(13)14-7-4-6-12(14)10-15/h12-14H,3-9,11H2,1-2H3. The third-order valence-electron chi connectivity index (χ3n) is 4.49. The second kappa shape index (κ2) is 5.84. The van der Waals surface area contributed by atoms with Gasteiger partial charge in [-0.3, -0.25) is 4.90 Å². The van der Waals surface area contributed by atoms with Crippen molar-refractivity contribution in [3.63, 3.8) is 0 Å². The van der Waals surface area contributed by atoms with E-state index in [-0.39, 0.29) is 5.92 Å². The molecule has 17 heavy (non-hydrogen) atoms. The molecule has 0 radical (unpaired) electrons. The van der Waals surface area contributed by atoms with E-state index in [0.717, 1.165) is 6.42 Å². The van der Waals surface area contributed by atoms with Gasteiger partial charge in [0.15, 0.2) is 0 Å². The molecule has 2 fully saturated rings. The van der Waals surface area contributed by atoms with Gasteiger partial charge in [-0.25, -0.2) is 0 Å². The van der Waals surface area contributed by atoms with E-state index in [1.165, 1.54) is 45.3 Å². The number of nitrogens with zero attached hydrogens (tertiary/aromatic N) is 3. The predicted molar refractivity (Wildman–Crippen MR) is 69.6 cm³/mol. The highest BCUT2D eigenvalue weighted by Gasteiger charge is 2.36. The van der Waals surface area contributed by atoms with Crippen LogP contribution in [0, 0.1) is 17.2 Å². The van der Waals surface area contributed by atoms with Crippen LogP contribution >= 0.6 is 0 Å². The van der Waals surface area contributed by atoms with Crippen LogP contribution in [-0.4, -0.2) is 48.6 Å². The van der Waals surface area contributed by atoms with Crippen molar-refractivity contribution in [2.75, 3.05) is 26.7 Å². The Kier molecular flexibility index (Phi) is 4.42. The van der Waals surface area contributed by atoms with Gasteiger partial charge in [0.25, 0.3) is 0 Å². The molecule has 96 valence electrons. The third kappa shape index (κ3) is 2.81. The van der Waals surface area contributed by atoms with E-state index in [2.05, 4.69) is 29.8 Å². The lowest BCUT2D eigenvalue weighted by atomic mass is 10.0. The molecular formula is C14H25N3. The Morgan fingerprint density at radius 1 is 1.24 bits per heavy atom. The maximum absolute atomic E-state index is 9.26. The summed E-state index contributed by atoms with van der Waals surface area (Å²) in [6.07, 6.45) is 6.05. The molecule has 1 saturated carbocycles. The Bertz CT molecular complexity index is 284. The van der Waals surface area contributed by atoms with Crippen LogP contribution < -0.4 is 0 Å². The second-order valence-electron chi connectivity index (χ2n) is 5.65. The van der Waals surface area contributed by atoms with Gasteiger partial charge in [0.05, 0.1) is 12.0 Å². The van der Waals surface area contributed by atoms with Crippen molar-refractivity contribution in [3.05, 3.63) is 0 Å². The topological polar surface area (TPSA) is 30.3 Å². The van der Waals surface area contributed by atoms with Crippen LogP contribution in [0.25, 0.3) is 0 Å². The van der Waals surface area contributed by atoms with E-state index >= 15 is 0 Å². The van der Waals surface area contributed by atoms with E-state index in [1.54, 1.807) is 0 Å². The number of nitriles is 1. The third-order valence-corrected chi connectivity index (χ3v) is 4.49. The van der Waals surface area contributed by atoms with E-state index in [9.17, 15) is 5.26 Å². The highest BCUT2D eigenvalue weighted by molar-refractivity contribution is 4.99. The summed E-state index contributed by atoms with van der Waals surface area (Å²) in [5, 5.41) is 9.26. The highest BCUT2D eigenvalue weighted by Crippen LogP contribution is 2.32. The summed E-state index contributed by atoms with van der Waals surface area (Å²) in [5.41, 5.74) is 0. The lowest BCUT2D eigenvalue weighted by molar-refractivity contribution is 0.115. The average Bonchev–Trinajstić information content (AvgIpc) is 2.72. The summed E-state index contributed by atoms with van der Waals surface area (Å²) in [5.74, 6) is 0.285. The van der Waals surface area contributed by atoms with Gasteiger partial charge in [-0.1, -0.05) is 13.3 Å². The van der Waals surface area contributed by atoms with Gasteiger partial charge in [0.1, 0.15) is 0 Å². The molecule has 3 heteroatoms. The zero-order chi connectivity index (χ0) is 12.3. The number of hydrogen-bond acceptors (Lipinski definition) is 3. The molecule has 1 heterocycles. The number of rotatable bonds is 2. The zero-order valence-corrected chi connectivity index (χ0v) is 11.2. The molecule has 1 aliphatic carbocycles. The Labute approximate surface area is 105 Å². The van der Waals surface area contributed by atoms with Crippen molar-refractivity contribution in [2.45, 2.75) is 51.1 Å². The fraction of sp³-hybridized carbons (Fsp3) is 0.929. The van der Waals surface area contributed by atoms with E-state index in [4.69, 9.17) is 0 Å². The first-order valence-electron chi connectivity index (χ1n) is 7.10. The summed E-state index contributed by atoms with van der Waals surface area (Å²) in [4.78, 5) is 5.11. The average molecular weight is 235 g/mol. The lowest BCUT2D eigenvalue weighted by Gasteiger charge is -2.36. The smallest absolute Gasteiger partial charge is 0.0672 e. The van der Waals surface area contributed by atoms with Crippen LogP contribution in [0.1, 0.15) is 39.0 Å². The molecule has 0 spiro atoms. The summed E-state index contributed by atoms with van der Waals surface area (Å²) in [6.45, 7) is 5.85. The van der Waals surface area contributed by atoms with Gasteiger partial charge in [-0.2, -0.15) is 5.26 Å². The minimum atomic E-state index is 0.285. The van der Waals surface area contributed by atoms with Gasteiger partial charge in [0.2, 0.25) is 0 Å². The lowest BCUT2D eigenvalue weighted by Crippen LogP contribution is -2.47. The van der Waals surface area contributed by atoms with Gasteiger partial charge in [-0.15, -0.1) is 0 Å². The van der Waals surface area contributed by atoms with Crippen molar-refractivity contribution in [3.8, 4) is 6.07 Å². The van der Waals surface area contributed by atoms with Crippen LogP contribution in [0.15, 0.2) is 0 Å². The minimum absolute atomic E-state index is 0.285. The van der Waals surface area contributed by atoms with Crippen molar-refractivity contribution in [2.24, 2.45) is 5.92 Å². The molecule has 0 aromatic rings. The molecular weight excluding hydrogens is 210 g/mol. The molecule has 3 unspecified atom stereocenters. The zero-order valence-electron chi connectivity index (χ0n) is 11.2. The van der Waals surface area contributed by atoms with Gasteiger partial charge < -0.3 is 4.90 Å². The van der Waals surface area contributed by atoms with Crippen molar-refractivity contribution < 1.29 is 0 Å². The molecule has 0 amide bonds. The van der Waals surface area contributed by atoms with E-state index in [1.807, 2.05) is 0 Å². The Morgan fingerprint density at radius 2 is 2.06 bits per heavy atom. The molecule has 1 saturated heterocycles. The summed E-state index contributed by atoms with van der Waals surface area (Å²) in [7, 11) is 2.22. The summed E-state index contributed by atoms with van der Waals surface area (Å²) >= 11 is 0. The Hall–Kier alpha value is -0.590. The largest absolute Gasteiger partial charge is 0.305 e. The monoisotopic (exact) mass is 235 g/mol. The van der Waals surface area contributed by atoms with Crippen molar-refractivity contribution >= 4 is 0 Å². The fourth-order valence-electron chi connectivity index (χ4n) is 3.55. The molecule has 0 bridgehead atoms. The first-order valence-corrected chi connectivity index (χ1v) is 7.10. The number of hydrogen-bond donors (Lipinski definition) is 0. The maximum atomic E-state index is 9.26. The normalized spacial score (nSPS) is 36.6. The SMILES string of the molecule is CCC1CN(C)CCCN1C1CCCC1C#N.